The quantitative estimate of drug-likeness (QED) is 0.696. The van der Waals surface area contributed by atoms with Gasteiger partial charge in [-0.05, 0) is 31.6 Å². The number of para-hydroxylation sites is 1. The van der Waals surface area contributed by atoms with Crippen molar-refractivity contribution in [2.45, 2.75) is 11.8 Å². The lowest BCUT2D eigenvalue weighted by atomic mass is 9.81. The average Bonchev–Trinajstić information content (AvgIpc) is 2.75. The summed E-state index contributed by atoms with van der Waals surface area (Å²) in [4.78, 5) is 2.32. The van der Waals surface area contributed by atoms with Crippen LogP contribution in [0.25, 0.3) is 0 Å². The average molecular weight is 206 g/mol. The van der Waals surface area contributed by atoms with Gasteiger partial charge in [-0.1, -0.05) is 12.1 Å². The summed E-state index contributed by atoms with van der Waals surface area (Å²) in [5, 5.41) is 3.22. The number of fused-ring (bicyclic) bond motifs is 2. The highest BCUT2D eigenvalue weighted by molar-refractivity contribution is 5.61. The molecule has 0 amide bonds. The van der Waals surface area contributed by atoms with Gasteiger partial charge in [-0.2, -0.15) is 0 Å². The Morgan fingerprint density at radius 1 is 1.47 bits per heavy atom. The van der Waals surface area contributed by atoms with Crippen molar-refractivity contribution in [2.24, 2.45) is 0 Å². The third kappa shape index (κ3) is 1.19. The number of nitrogens with zero attached hydrogens (tertiary/aromatic N) is 1. The maximum absolute atomic E-state index is 13.5. The monoisotopic (exact) mass is 206 g/mol. The molecular weight excluding hydrogens is 191 g/mol. The SMILES string of the molecule is CN1CCC2(CNc3c(F)cccc32)C1. The molecule has 1 unspecified atom stereocenters. The molecule has 15 heavy (non-hydrogen) atoms. The second-order valence-corrected chi connectivity index (χ2v) is 4.78. The number of halogens is 1. The number of rotatable bonds is 0. The van der Waals surface area contributed by atoms with Crippen LogP contribution in [-0.4, -0.2) is 31.6 Å². The molecule has 0 saturated carbocycles. The number of hydrogen-bond acceptors (Lipinski definition) is 2. The van der Waals surface area contributed by atoms with E-state index in [0.29, 0.717) is 0 Å². The van der Waals surface area contributed by atoms with Crippen LogP contribution in [-0.2, 0) is 5.41 Å². The molecule has 1 saturated heterocycles. The minimum Gasteiger partial charge on any atom is -0.381 e. The highest BCUT2D eigenvalue weighted by atomic mass is 19.1. The van der Waals surface area contributed by atoms with Gasteiger partial charge in [-0.3, -0.25) is 0 Å². The number of likely N-dealkylation sites (tertiary alicyclic amines) is 1. The van der Waals surface area contributed by atoms with Gasteiger partial charge in [0, 0.05) is 18.5 Å². The molecule has 1 fully saturated rings. The number of anilines is 1. The van der Waals surface area contributed by atoms with Crippen LogP contribution in [0.5, 0.6) is 0 Å². The Kier molecular flexibility index (Phi) is 1.80. The van der Waals surface area contributed by atoms with Crippen molar-refractivity contribution in [1.29, 1.82) is 0 Å². The Hall–Kier alpha value is -1.09. The molecule has 1 atom stereocenters. The van der Waals surface area contributed by atoms with Crippen molar-refractivity contribution in [2.75, 3.05) is 32.0 Å². The van der Waals surface area contributed by atoms with E-state index in [1.807, 2.05) is 6.07 Å². The van der Waals surface area contributed by atoms with Crippen molar-refractivity contribution in [3.8, 4) is 0 Å². The van der Waals surface area contributed by atoms with Gasteiger partial charge >= 0.3 is 0 Å². The van der Waals surface area contributed by atoms with E-state index in [4.69, 9.17) is 0 Å². The van der Waals surface area contributed by atoms with Gasteiger partial charge in [0.2, 0.25) is 0 Å². The van der Waals surface area contributed by atoms with Crippen molar-refractivity contribution < 1.29 is 4.39 Å². The first kappa shape index (κ1) is 9.16. The van der Waals surface area contributed by atoms with Crippen LogP contribution < -0.4 is 5.32 Å². The molecule has 3 heteroatoms. The Morgan fingerprint density at radius 2 is 2.33 bits per heavy atom. The van der Waals surface area contributed by atoms with Crippen molar-refractivity contribution in [3.63, 3.8) is 0 Å². The Labute approximate surface area is 89.1 Å². The minimum absolute atomic E-state index is 0.112. The van der Waals surface area contributed by atoms with Gasteiger partial charge in [-0.15, -0.1) is 0 Å². The summed E-state index contributed by atoms with van der Waals surface area (Å²) in [7, 11) is 2.13. The van der Waals surface area contributed by atoms with Crippen molar-refractivity contribution >= 4 is 5.69 Å². The van der Waals surface area contributed by atoms with Gasteiger partial charge in [0.1, 0.15) is 5.82 Å². The predicted octanol–water partition coefficient (Wildman–Crippen LogP) is 1.82. The third-order valence-electron chi connectivity index (χ3n) is 3.73. The third-order valence-corrected chi connectivity index (χ3v) is 3.73. The zero-order valence-corrected chi connectivity index (χ0v) is 8.89. The molecule has 1 aromatic carbocycles. The number of nitrogens with one attached hydrogen (secondary N) is 1. The first-order valence-corrected chi connectivity index (χ1v) is 5.43. The first-order chi connectivity index (χ1) is 7.21. The Morgan fingerprint density at radius 3 is 3.07 bits per heavy atom. The van der Waals surface area contributed by atoms with Crippen molar-refractivity contribution in [3.05, 3.63) is 29.6 Å². The predicted molar refractivity (Wildman–Crippen MR) is 58.7 cm³/mol. The molecule has 0 bridgehead atoms. The van der Waals surface area contributed by atoms with Gasteiger partial charge in [0.15, 0.2) is 0 Å². The summed E-state index contributed by atoms with van der Waals surface area (Å²) < 4.78 is 13.5. The van der Waals surface area contributed by atoms with Crippen LogP contribution >= 0.6 is 0 Å². The molecule has 1 N–H and O–H groups in total. The first-order valence-electron chi connectivity index (χ1n) is 5.43. The lowest BCUT2D eigenvalue weighted by Crippen LogP contribution is -2.31. The summed E-state index contributed by atoms with van der Waals surface area (Å²) in [6.07, 6.45) is 1.13. The van der Waals surface area contributed by atoms with Crippen LogP contribution in [0, 0.1) is 5.82 Å². The fraction of sp³-hybridized carbons (Fsp3) is 0.500. The van der Waals surface area contributed by atoms with E-state index in [1.165, 1.54) is 11.6 Å². The summed E-state index contributed by atoms with van der Waals surface area (Å²) in [6.45, 7) is 3.03. The van der Waals surface area contributed by atoms with Gasteiger partial charge in [0.05, 0.1) is 5.69 Å². The smallest absolute Gasteiger partial charge is 0.146 e. The molecule has 0 aromatic heterocycles. The van der Waals surface area contributed by atoms with E-state index in [-0.39, 0.29) is 11.2 Å². The molecule has 2 aliphatic heterocycles. The summed E-state index contributed by atoms with van der Waals surface area (Å²) in [6, 6.07) is 5.42. The zero-order valence-electron chi connectivity index (χ0n) is 8.89. The topological polar surface area (TPSA) is 15.3 Å². The second kappa shape index (κ2) is 2.95. The van der Waals surface area contributed by atoms with Crippen LogP contribution in [0.15, 0.2) is 18.2 Å². The van der Waals surface area contributed by atoms with E-state index in [2.05, 4.69) is 23.3 Å². The summed E-state index contributed by atoms with van der Waals surface area (Å²) in [5.74, 6) is -0.112. The fourth-order valence-corrected chi connectivity index (χ4v) is 2.94. The van der Waals surface area contributed by atoms with E-state index in [9.17, 15) is 4.39 Å². The highest BCUT2D eigenvalue weighted by Crippen LogP contribution is 2.43. The molecule has 80 valence electrons. The molecule has 2 nitrogen and oxygen atoms in total. The fourth-order valence-electron chi connectivity index (χ4n) is 2.94. The second-order valence-electron chi connectivity index (χ2n) is 4.78. The van der Waals surface area contributed by atoms with Crippen LogP contribution in [0.4, 0.5) is 10.1 Å². The van der Waals surface area contributed by atoms with Crippen molar-refractivity contribution in [1.82, 2.24) is 4.90 Å². The van der Waals surface area contributed by atoms with Crippen LogP contribution in [0.1, 0.15) is 12.0 Å². The lowest BCUT2D eigenvalue weighted by Gasteiger charge is -2.22. The van der Waals surface area contributed by atoms with Gasteiger partial charge < -0.3 is 10.2 Å². The summed E-state index contributed by atoms with van der Waals surface area (Å²) >= 11 is 0. The largest absolute Gasteiger partial charge is 0.381 e. The van der Waals surface area contributed by atoms with E-state index in [0.717, 1.165) is 31.7 Å². The molecule has 0 radical (unpaired) electrons. The standard InChI is InChI=1S/C12H15FN2/c1-15-6-5-12(8-15)7-14-11-9(12)3-2-4-10(11)13/h2-4,14H,5-8H2,1H3. The normalized spacial score (nSPS) is 29.5. The number of likely N-dealkylation sites (N-methyl/N-ethyl adjacent to an activating group) is 1. The maximum atomic E-state index is 13.5. The molecule has 2 aliphatic rings. The molecule has 1 spiro atoms. The highest BCUT2D eigenvalue weighted by Gasteiger charge is 2.43. The van der Waals surface area contributed by atoms with E-state index < -0.39 is 0 Å². The van der Waals surface area contributed by atoms with Crippen LogP contribution in [0.2, 0.25) is 0 Å². The number of hydrogen-bond donors (Lipinski definition) is 1. The Balaban J connectivity index is 2.08. The molecule has 3 rings (SSSR count). The zero-order chi connectivity index (χ0) is 10.5. The maximum Gasteiger partial charge on any atom is 0.146 e. The van der Waals surface area contributed by atoms with Gasteiger partial charge in [0.25, 0.3) is 0 Å². The van der Waals surface area contributed by atoms with E-state index in [1.54, 1.807) is 0 Å². The molecule has 2 heterocycles. The molecule has 1 aromatic rings. The van der Waals surface area contributed by atoms with Gasteiger partial charge in [-0.25, -0.2) is 4.39 Å². The number of benzene rings is 1. The van der Waals surface area contributed by atoms with Crippen LogP contribution in [0.3, 0.4) is 0 Å². The molecular formula is C12H15FN2. The minimum atomic E-state index is -0.112. The molecule has 0 aliphatic carbocycles. The Bertz CT molecular complexity index is 405. The summed E-state index contributed by atoms with van der Waals surface area (Å²) in [5.41, 5.74) is 2.06. The van der Waals surface area contributed by atoms with E-state index >= 15 is 0 Å². The lowest BCUT2D eigenvalue weighted by molar-refractivity contribution is 0.381.